The molecule has 2 N–H and O–H groups in total. The predicted molar refractivity (Wildman–Crippen MR) is 94.9 cm³/mol. The first-order chi connectivity index (χ1) is 12.1. The van der Waals surface area contributed by atoms with Gasteiger partial charge in [-0.25, -0.2) is 4.68 Å². The van der Waals surface area contributed by atoms with Crippen LogP contribution >= 0.6 is 0 Å². The number of aromatic nitrogens is 2. The second-order valence-corrected chi connectivity index (χ2v) is 5.59. The molecule has 0 aliphatic heterocycles. The molecule has 1 atom stereocenters. The SMILES string of the molecule is COc1cccc(C(O)C(=O)Nc2ccccc2-n2ccc(C)n2)c1. The van der Waals surface area contributed by atoms with E-state index in [1.54, 1.807) is 35.0 Å². The van der Waals surface area contributed by atoms with E-state index in [9.17, 15) is 9.90 Å². The van der Waals surface area contributed by atoms with Crippen LogP contribution in [0, 0.1) is 6.92 Å². The van der Waals surface area contributed by atoms with Gasteiger partial charge in [0.05, 0.1) is 24.2 Å². The van der Waals surface area contributed by atoms with E-state index in [0.717, 1.165) is 11.4 Å². The molecule has 0 saturated carbocycles. The Kier molecular flexibility index (Phi) is 4.81. The summed E-state index contributed by atoms with van der Waals surface area (Å²) in [5.74, 6) is 0.0568. The maximum Gasteiger partial charge on any atom is 0.257 e. The Balaban J connectivity index is 1.83. The van der Waals surface area contributed by atoms with E-state index in [2.05, 4.69) is 10.4 Å². The van der Waals surface area contributed by atoms with Crippen molar-refractivity contribution in [3.63, 3.8) is 0 Å². The third kappa shape index (κ3) is 3.70. The number of aliphatic hydroxyl groups excluding tert-OH is 1. The Hall–Kier alpha value is -3.12. The first-order valence-electron chi connectivity index (χ1n) is 7.83. The Morgan fingerprint density at radius 2 is 2.00 bits per heavy atom. The molecule has 3 rings (SSSR count). The van der Waals surface area contributed by atoms with Gasteiger partial charge in [-0.15, -0.1) is 0 Å². The number of benzene rings is 2. The number of aryl methyl sites for hydroxylation is 1. The summed E-state index contributed by atoms with van der Waals surface area (Å²) < 4.78 is 6.81. The van der Waals surface area contributed by atoms with Crippen LogP contribution in [0.25, 0.3) is 5.69 Å². The largest absolute Gasteiger partial charge is 0.497 e. The molecule has 3 aromatic rings. The zero-order valence-electron chi connectivity index (χ0n) is 14.0. The summed E-state index contributed by atoms with van der Waals surface area (Å²) in [6.45, 7) is 1.89. The topological polar surface area (TPSA) is 76.4 Å². The van der Waals surface area contributed by atoms with Crippen molar-refractivity contribution >= 4 is 11.6 Å². The number of nitrogens with one attached hydrogen (secondary N) is 1. The molecule has 25 heavy (non-hydrogen) atoms. The van der Waals surface area contributed by atoms with Crippen LogP contribution < -0.4 is 10.1 Å². The molecule has 0 bridgehead atoms. The molecule has 0 saturated heterocycles. The average molecular weight is 337 g/mol. The van der Waals surface area contributed by atoms with Gasteiger partial charge in [-0.3, -0.25) is 4.79 Å². The van der Waals surface area contributed by atoms with E-state index >= 15 is 0 Å². The molecule has 0 fully saturated rings. The van der Waals surface area contributed by atoms with Gasteiger partial charge < -0.3 is 15.2 Å². The van der Waals surface area contributed by atoms with E-state index in [0.29, 0.717) is 17.0 Å². The van der Waals surface area contributed by atoms with Gasteiger partial charge in [0.15, 0.2) is 6.10 Å². The number of methoxy groups -OCH3 is 1. The highest BCUT2D eigenvalue weighted by Gasteiger charge is 2.19. The Bertz CT molecular complexity index is 889. The van der Waals surface area contributed by atoms with Crippen LogP contribution in [0.2, 0.25) is 0 Å². The molecule has 1 aromatic heterocycles. The molecular weight excluding hydrogens is 318 g/mol. The van der Waals surface area contributed by atoms with Crippen LogP contribution in [0.5, 0.6) is 5.75 Å². The quantitative estimate of drug-likeness (QED) is 0.750. The summed E-state index contributed by atoms with van der Waals surface area (Å²) in [6.07, 6.45) is 0.515. The van der Waals surface area contributed by atoms with Crippen LogP contribution in [-0.4, -0.2) is 27.9 Å². The van der Waals surface area contributed by atoms with Crippen molar-refractivity contribution in [3.05, 3.63) is 72.1 Å². The Labute approximate surface area is 145 Å². The van der Waals surface area contributed by atoms with Crippen LogP contribution in [-0.2, 0) is 4.79 Å². The van der Waals surface area contributed by atoms with Crippen molar-refractivity contribution in [1.82, 2.24) is 9.78 Å². The van der Waals surface area contributed by atoms with Gasteiger partial charge in [-0.1, -0.05) is 24.3 Å². The normalized spacial score (nSPS) is 11.8. The van der Waals surface area contributed by atoms with E-state index < -0.39 is 12.0 Å². The number of anilines is 1. The number of aliphatic hydroxyl groups is 1. The summed E-state index contributed by atoms with van der Waals surface area (Å²) >= 11 is 0. The Morgan fingerprint density at radius 1 is 1.20 bits per heavy atom. The molecule has 0 aliphatic rings. The first kappa shape index (κ1) is 16.7. The fourth-order valence-corrected chi connectivity index (χ4v) is 2.49. The second kappa shape index (κ2) is 7.19. The molecule has 6 heteroatoms. The smallest absolute Gasteiger partial charge is 0.257 e. The molecule has 0 radical (unpaired) electrons. The number of hydrogen-bond acceptors (Lipinski definition) is 4. The lowest BCUT2D eigenvalue weighted by Gasteiger charge is -2.15. The number of carbonyl (C=O) groups excluding carboxylic acids is 1. The molecule has 2 aromatic carbocycles. The molecular formula is C19H19N3O3. The maximum absolute atomic E-state index is 12.5. The number of carbonyl (C=O) groups is 1. The second-order valence-electron chi connectivity index (χ2n) is 5.59. The standard InChI is InChI=1S/C19H19N3O3/c1-13-10-11-22(21-13)17-9-4-3-8-16(17)20-19(24)18(23)14-6-5-7-15(12-14)25-2/h3-12,18,23H,1-2H3,(H,20,24). The Morgan fingerprint density at radius 3 is 2.72 bits per heavy atom. The van der Waals surface area contributed by atoms with Crippen molar-refractivity contribution in [1.29, 1.82) is 0 Å². The molecule has 0 spiro atoms. The van der Waals surface area contributed by atoms with Crippen molar-refractivity contribution in [3.8, 4) is 11.4 Å². The third-order valence-corrected chi connectivity index (χ3v) is 3.79. The number of rotatable bonds is 5. The van der Waals surface area contributed by atoms with E-state index in [1.807, 2.05) is 37.4 Å². The van der Waals surface area contributed by atoms with Crippen molar-refractivity contribution in [2.75, 3.05) is 12.4 Å². The molecule has 1 heterocycles. The number of hydrogen-bond donors (Lipinski definition) is 2. The van der Waals surface area contributed by atoms with Crippen molar-refractivity contribution in [2.24, 2.45) is 0 Å². The molecule has 0 aliphatic carbocycles. The van der Waals surface area contributed by atoms with Crippen molar-refractivity contribution < 1.29 is 14.6 Å². The van der Waals surface area contributed by atoms with Crippen LogP contribution in [0.15, 0.2) is 60.8 Å². The number of ether oxygens (including phenoxy) is 1. The zero-order chi connectivity index (χ0) is 17.8. The monoisotopic (exact) mass is 337 g/mol. The number of nitrogens with zero attached hydrogens (tertiary/aromatic N) is 2. The number of para-hydroxylation sites is 2. The van der Waals surface area contributed by atoms with E-state index in [1.165, 1.54) is 7.11 Å². The van der Waals surface area contributed by atoms with E-state index in [4.69, 9.17) is 4.74 Å². The number of amides is 1. The minimum Gasteiger partial charge on any atom is -0.497 e. The van der Waals surface area contributed by atoms with Gasteiger partial charge >= 0.3 is 0 Å². The molecule has 6 nitrogen and oxygen atoms in total. The van der Waals surface area contributed by atoms with E-state index in [-0.39, 0.29) is 0 Å². The van der Waals surface area contributed by atoms with Crippen LogP contribution in [0.1, 0.15) is 17.4 Å². The fourth-order valence-electron chi connectivity index (χ4n) is 2.49. The maximum atomic E-state index is 12.5. The highest BCUT2D eigenvalue weighted by Crippen LogP contribution is 2.23. The van der Waals surface area contributed by atoms with Gasteiger partial charge in [-0.2, -0.15) is 5.10 Å². The van der Waals surface area contributed by atoms with Gasteiger partial charge in [0.25, 0.3) is 5.91 Å². The minimum atomic E-state index is -1.30. The lowest BCUT2D eigenvalue weighted by molar-refractivity contribution is -0.124. The summed E-state index contributed by atoms with van der Waals surface area (Å²) in [5, 5.41) is 17.5. The zero-order valence-corrected chi connectivity index (χ0v) is 14.0. The fraction of sp³-hybridized carbons (Fsp3) is 0.158. The van der Waals surface area contributed by atoms with Gasteiger partial charge in [0.2, 0.25) is 0 Å². The van der Waals surface area contributed by atoms with Gasteiger partial charge in [0, 0.05) is 6.20 Å². The van der Waals surface area contributed by atoms with Gasteiger partial charge in [0.1, 0.15) is 5.75 Å². The van der Waals surface area contributed by atoms with Crippen LogP contribution in [0.3, 0.4) is 0 Å². The lowest BCUT2D eigenvalue weighted by atomic mass is 10.1. The van der Waals surface area contributed by atoms with Crippen molar-refractivity contribution in [2.45, 2.75) is 13.0 Å². The first-order valence-corrected chi connectivity index (χ1v) is 7.83. The van der Waals surface area contributed by atoms with Gasteiger partial charge in [-0.05, 0) is 42.8 Å². The third-order valence-electron chi connectivity index (χ3n) is 3.79. The lowest BCUT2D eigenvalue weighted by Crippen LogP contribution is -2.21. The summed E-state index contributed by atoms with van der Waals surface area (Å²) in [7, 11) is 1.54. The summed E-state index contributed by atoms with van der Waals surface area (Å²) in [5.41, 5.74) is 2.63. The molecule has 1 amide bonds. The minimum absolute atomic E-state index is 0.462. The molecule has 128 valence electrons. The molecule has 1 unspecified atom stereocenters. The summed E-state index contributed by atoms with van der Waals surface area (Å²) in [4.78, 5) is 12.5. The van der Waals surface area contributed by atoms with Crippen LogP contribution in [0.4, 0.5) is 5.69 Å². The summed E-state index contributed by atoms with van der Waals surface area (Å²) in [6, 6.07) is 16.0. The average Bonchev–Trinajstić information content (AvgIpc) is 3.07. The highest BCUT2D eigenvalue weighted by atomic mass is 16.5. The predicted octanol–water partition coefficient (Wildman–Crippen LogP) is 2.86. The highest BCUT2D eigenvalue weighted by molar-refractivity contribution is 5.96.